The fraction of sp³-hybridized carbons (Fsp3) is 0.667. The zero-order chi connectivity index (χ0) is 12.4. The molecular formula is C12H17ClN2O2. The van der Waals surface area contributed by atoms with Crippen molar-refractivity contribution in [3.63, 3.8) is 0 Å². The second-order valence-corrected chi connectivity index (χ2v) is 4.91. The van der Waals surface area contributed by atoms with Crippen LogP contribution in [0.15, 0.2) is 4.42 Å². The monoisotopic (exact) mass is 256 g/mol. The van der Waals surface area contributed by atoms with Crippen molar-refractivity contribution in [2.45, 2.75) is 26.7 Å². The highest BCUT2D eigenvalue weighted by Crippen LogP contribution is 2.23. The molecule has 0 radical (unpaired) electrons. The predicted molar refractivity (Wildman–Crippen MR) is 65.3 cm³/mol. The van der Waals surface area contributed by atoms with Gasteiger partial charge in [-0.2, -0.15) is 0 Å². The van der Waals surface area contributed by atoms with Gasteiger partial charge < -0.3 is 9.32 Å². The van der Waals surface area contributed by atoms with E-state index in [4.69, 9.17) is 16.0 Å². The summed E-state index contributed by atoms with van der Waals surface area (Å²) in [6.45, 7) is 5.13. The van der Waals surface area contributed by atoms with E-state index in [1.807, 2.05) is 4.90 Å². The van der Waals surface area contributed by atoms with Crippen LogP contribution in [0.1, 0.15) is 35.0 Å². The first kappa shape index (κ1) is 12.4. The summed E-state index contributed by atoms with van der Waals surface area (Å²) in [4.78, 5) is 18.2. The van der Waals surface area contributed by atoms with E-state index < -0.39 is 0 Å². The molecule has 1 amide bonds. The fourth-order valence-corrected chi connectivity index (χ4v) is 2.59. The maximum atomic E-state index is 12.2. The highest BCUT2D eigenvalue weighted by molar-refractivity contribution is 6.17. The van der Waals surface area contributed by atoms with Gasteiger partial charge in [0.15, 0.2) is 5.89 Å². The van der Waals surface area contributed by atoms with Gasteiger partial charge in [0.1, 0.15) is 0 Å². The molecule has 4 nitrogen and oxygen atoms in total. The molecule has 94 valence electrons. The summed E-state index contributed by atoms with van der Waals surface area (Å²) in [5.41, 5.74) is 0.674. The number of rotatable bonds is 3. The van der Waals surface area contributed by atoms with Crippen molar-refractivity contribution in [2.75, 3.05) is 19.0 Å². The number of nitrogens with zero attached hydrogens (tertiary/aromatic N) is 2. The Morgan fingerprint density at radius 1 is 1.59 bits per heavy atom. The van der Waals surface area contributed by atoms with Crippen LogP contribution in [-0.4, -0.2) is 34.8 Å². The average molecular weight is 257 g/mol. The maximum Gasteiger partial charge on any atom is 0.291 e. The van der Waals surface area contributed by atoms with Crippen LogP contribution in [0.4, 0.5) is 0 Å². The smallest absolute Gasteiger partial charge is 0.291 e. The molecule has 1 aromatic heterocycles. The maximum absolute atomic E-state index is 12.2. The summed E-state index contributed by atoms with van der Waals surface area (Å²) in [5, 5.41) is 0. The zero-order valence-corrected chi connectivity index (χ0v) is 11.0. The lowest BCUT2D eigenvalue weighted by Crippen LogP contribution is -2.29. The lowest BCUT2D eigenvalue weighted by molar-refractivity contribution is 0.0753. The van der Waals surface area contributed by atoms with Gasteiger partial charge in [-0.05, 0) is 25.7 Å². The van der Waals surface area contributed by atoms with Crippen molar-refractivity contribution in [3.8, 4) is 0 Å². The number of carbonyl (C=O) groups excluding carboxylic acids is 1. The number of oxazole rings is 1. The van der Waals surface area contributed by atoms with Crippen LogP contribution in [0.3, 0.4) is 0 Å². The van der Waals surface area contributed by atoms with Crippen molar-refractivity contribution in [2.24, 2.45) is 5.92 Å². The SMILES string of the molecule is Cc1nc(C)c(C(=O)N2CCC(CCCl)C2)o1. The summed E-state index contributed by atoms with van der Waals surface area (Å²) in [6.07, 6.45) is 2.00. The lowest BCUT2D eigenvalue weighted by Gasteiger charge is -2.14. The Bertz CT molecular complexity index is 417. The topological polar surface area (TPSA) is 46.3 Å². The normalized spacial score (nSPS) is 19.9. The summed E-state index contributed by atoms with van der Waals surface area (Å²) >= 11 is 5.72. The van der Waals surface area contributed by atoms with E-state index in [0.717, 1.165) is 25.9 Å². The van der Waals surface area contributed by atoms with Crippen molar-refractivity contribution in [1.82, 2.24) is 9.88 Å². The molecule has 1 atom stereocenters. The number of aromatic nitrogens is 1. The van der Waals surface area contributed by atoms with Crippen LogP contribution < -0.4 is 0 Å². The molecule has 1 unspecified atom stereocenters. The predicted octanol–water partition coefficient (Wildman–Crippen LogP) is 2.38. The third kappa shape index (κ3) is 2.63. The number of halogens is 1. The van der Waals surface area contributed by atoms with Crippen LogP contribution >= 0.6 is 11.6 Å². The molecule has 1 aliphatic rings. The summed E-state index contributed by atoms with van der Waals surface area (Å²) in [5.74, 6) is 2.07. The first-order chi connectivity index (χ1) is 8.11. The number of likely N-dealkylation sites (tertiary alicyclic amines) is 1. The van der Waals surface area contributed by atoms with Crippen LogP contribution in [0.25, 0.3) is 0 Å². The van der Waals surface area contributed by atoms with Crippen molar-refractivity contribution < 1.29 is 9.21 Å². The molecule has 2 heterocycles. The lowest BCUT2D eigenvalue weighted by atomic mass is 10.1. The van der Waals surface area contributed by atoms with Gasteiger partial charge in [-0.3, -0.25) is 4.79 Å². The van der Waals surface area contributed by atoms with Crippen LogP contribution in [0.2, 0.25) is 0 Å². The van der Waals surface area contributed by atoms with Crippen molar-refractivity contribution in [3.05, 3.63) is 17.3 Å². The minimum absolute atomic E-state index is 0.0415. The van der Waals surface area contributed by atoms with Crippen molar-refractivity contribution >= 4 is 17.5 Å². The molecule has 5 heteroatoms. The van der Waals surface area contributed by atoms with Gasteiger partial charge in [0, 0.05) is 25.9 Å². The number of alkyl halides is 1. The van der Waals surface area contributed by atoms with E-state index >= 15 is 0 Å². The molecule has 0 N–H and O–H groups in total. The molecular weight excluding hydrogens is 240 g/mol. The molecule has 1 aromatic rings. The minimum atomic E-state index is -0.0415. The van der Waals surface area contributed by atoms with E-state index in [1.165, 1.54) is 0 Å². The van der Waals surface area contributed by atoms with E-state index in [9.17, 15) is 4.79 Å². The molecule has 0 bridgehead atoms. The molecule has 17 heavy (non-hydrogen) atoms. The Hall–Kier alpha value is -1.03. The molecule has 0 saturated carbocycles. The number of aryl methyl sites for hydroxylation is 2. The molecule has 0 spiro atoms. The van der Waals surface area contributed by atoms with Crippen LogP contribution in [0, 0.1) is 19.8 Å². The first-order valence-corrected chi connectivity index (χ1v) is 6.44. The fourth-order valence-electron chi connectivity index (χ4n) is 2.28. The standard InChI is InChI=1S/C12H17ClN2O2/c1-8-11(17-9(2)14-8)12(16)15-6-4-10(7-15)3-5-13/h10H,3-7H2,1-2H3. The quantitative estimate of drug-likeness (QED) is 0.780. The van der Waals surface area contributed by atoms with Crippen LogP contribution in [-0.2, 0) is 0 Å². The third-order valence-corrected chi connectivity index (χ3v) is 3.41. The molecule has 0 aliphatic carbocycles. The van der Waals surface area contributed by atoms with E-state index in [2.05, 4.69) is 4.98 Å². The van der Waals surface area contributed by atoms with Gasteiger partial charge >= 0.3 is 0 Å². The first-order valence-electron chi connectivity index (χ1n) is 5.91. The number of hydrogen-bond acceptors (Lipinski definition) is 3. The zero-order valence-electron chi connectivity index (χ0n) is 10.2. The highest BCUT2D eigenvalue weighted by atomic mass is 35.5. The van der Waals surface area contributed by atoms with E-state index in [-0.39, 0.29) is 5.91 Å². The van der Waals surface area contributed by atoms with Gasteiger partial charge in [0.25, 0.3) is 5.91 Å². The van der Waals surface area contributed by atoms with Gasteiger partial charge in [-0.25, -0.2) is 4.98 Å². The third-order valence-electron chi connectivity index (χ3n) is 3.19. The number of carbonyl (C=O) groups is 1. The molecule has 0 aromatic carbocycles. The Labute approximate surface area is 106 Å². The average Bonchev–Trinajstić information content (AvgIpc) is 2.85. The number of amides is 1. The number of hydrogen-bond donors (Lipinski definition) is 0. The second kappa shape index (κ2) is 5.08. The highest BCUT2D eigenvalue weighted by Gasteiger charge is 2.29. The molecule has 1 aliphatic heterocycles. The van der Waals surface area contributed by atoms with Crippen LogP contribution in [0.5, 0.6) is 0 Å². The summed E-state index contributed by atoms with van der Waals surface area (Å²) in [7, 11) is 0. The summed E-state index contributed by atoms with van der Waals surface area (Å²) in [6, 6.07) is 0. The van der Waals surface area contributed by atoms with Gasteiger partial charge in [0.05, 0.1) is 5.69 Å². The van der Waals surface area contributed by atoms with Gasteiger partial charge in [-0.1, -0.05) is 0 Å². The van der Waals surface area contributed by atoms with E-state index in [1.54, 1.807) is 13.8 Å². The largest absolute Gasteiger partial charge is 0.436 e. The molecule has 1 saturated heterocycles. The Morgan fingerprint density at radius 3 is 2.94 bits per heavy atom. The van der Waals surface area contributed by atoms with E-state index in [0.29, 0.717) is 29.1 Å². The van der Waals surface area contributed by atoms with Gasteiger partial charge in [0.2, 0.25) is 5.76 Å². The Kier molecular flexibility index (Phi) is 3.72. The Morgan fingerprint density at radius 2 is 2.35 bits per heavy atom. The van der Waals surface area contributed by atoms with Gasteiger partial charge in [-0.15, -0.1) is 11.6 Å². The summed E-state index contributed by atoms with van der Waals surface area (Å²) < 4.78 is 5.36. The molecule has 2 rings (SSSR count). The minimum Gasteiger partial charge on any atom is -0.436 e. The Balaban J connectivity index is 2.04. The second-order valence-electron chi connectivity index (χ2n) is 4.53. The molecule has 1 fully saturated rings. The van der Waals surface area contributed by atoms with Crippen molar-refractivity contribution in [1.29, 1.82) is 0 Å².